The molecule has 1 atom stereocenters. The lowest BCUT2D eigenvalue weighted by atomic mass is 9.89. The SMILES string of the molecule is C=C(C)C(O)c1ccc2c(c1)CCCC2. The van der Waals surface area contributed by atoms with Gasteiger partial charge in [-0.05, 0) is 54.9 Å². The van der Waals surface area contributed by atoms with E-state index in [2.05, 4.69) is 18.7 Å². The van der Waals surface area contributed by atoms with E-state index in [0.717, 1.165) is 17.6 Å². The van der Waals surface area contributed by atoms with Gasteiger partial charge in [0.15, 0.2) is 0 Å². The molecule has 1 heteroatoms. The van der Waals surface area contributed by atoms with Crippen LogP contribution in [0.3, 0.4) is 0 Å². The predicted molar refractivity (Wildman–Crippen MR) is 62.9 cm³/mol. The third-order valence-corrected chi connectivity index (χ3v) is 3.16. The first kappa shape index (κ1) is 10.4. The van der Waals surface area contributed by atoms with Crippen LogP contribution in [0.15, 0.2) is 30.4 Å². The Labute approximate surface area is 91.4 Å². The number of rotatable bonds is 2. The van der Waals surface area contributed by atoms with Crippen LogP contribution in [0.25, 0.3) is 0 Å². The van der Waals surface area contributed by atoms with Crippen LogP contribution < -0.4 is 0 Å². The minimum atomic E-state index is -0.503. The molecule has 0 saturated heterocycles. The summed E-state index contributed by atoms with van der Waals surface area (Å²) in [7, 11) is 0. The van der Waals surface area contributed by atoms with Crippen molar-refractivity contribution in [1.29, 1.82) is 0 Å². The zero-order valence-electron chi connectivity index (χ0n) is 9.29. The lowest BCUT2D eigenvalue weighted by molar-refractivity contribution is 0.216. The van der Waals surface area contributed by atoms with Gasteiger partial charge in [0.1, 0.15) is 0 Å². The smallest absolute Gasteiger partial charge is 0.0995 e. The first-order valence-corrected chi connectivity index (χ1v) is 5.63. The Morgan fingerprint density at radius 3 is 2.60 bits per heavy atom. The van der Waals surface area contributed by atoms with Gasteiger partial charge in [-0.3, -0.25) is 0 Å². The molecule has 0 spiro atoms. The van der Waals surface area contributed by atoms with Crippen molar-refractivity contribution in [2.75, 3.05) is 0 Å². The second-order valence-corrected chi connectivity index (χ2v) is 4.48. The molecule has 80 valence electrons. The average molecular weight is 202 g/mol. The van der Waals surface area contributed by atoms with E-state index in [1.165, 1.54) is 30.4 Å². The first-order chi connectivity index (χ1) is 7.18. The average Bonchev–Trinajstić information content (AvgIpc) is 2.27. The third-order valence-electron chi connectivity index (χ3n) is 3.16. The molecule has 1 N–H and O–H groups in total. The van der Waals surface area contributed by atoms with Crippen molar-refractivity contribution in [3.8, 4) is 0 Å². The minimum absolute atomic E-state index is 0.503. The molecule has 0 radical (unpaired) electrons. The maximum absolute atomic E-state index is 9.90. The zero-order chi connectivity index (χ0) is 10.8. The molecule has 0 aliphatic heterocycles. The molecule has 0 fully saturated rings. The molecule has 0 saturated carbocycles. The maximum Gasteiger partial charge on any atom is 0.0995 e. The van der Waals surface area contributed by atoms with Crippen molar-refractivity contribution < 1.29 is 5.11 Å². The summed E-state index contributed by atoms with van der Waals surface area (Å²) >= 11 is 0. The van der Waals surface area contributed by atoms with Crippen LogP contribution >= 0.6 is 0 Å². The molecule has 1 aromatic rings. The summed E-state index contributed by atoms with van der Waals surface area (Å²) < 4.78 is 0. The second-order valence-electron chi connectivity index (χ2n) is 4.48. The van der Waals surface area contributed by atoms with Crippen molar-refractivity contribution in [2.45, 2.75) is 38.7 Å². The van der Waals surface area contributed by atoms with Crippen LogP contribution in [-0.2, 0) is 12.8 Å². The molecule has 0 amide bonds. The van der Waals surface area contributed by atoms with Crippen LogP contribution in [-0.4, -0.2) is 5.11 Å². The molecule has 1 aliphatic carbocycles. The number of aliphatic hydroxyl groups excluding tert-OH is 1. The van der Waals surface area contributed by atoms with Crippen molar-refractivity contribution in [1.82, 2.24) is 0 Å². The second kappa shape index (κ2) is 4.19. The Morgan fingerprint density at radius 1 is 1.27 bits per heavy atom. The first-order valence-electron chi connectivity index (χ1n) is 5.63. The van der Waals surface area contributed by atoms with Crippen molar-refractivity contribution in [3.63, 3.8) is 0 Å². The van der Waals surface area contributed by atoms with E-state index in [9.17, 15) is 5.11 Å². The summed E-state index contributed by atoms with van der Waals surface area (Å²) in [5.74, 6) is 0. The van der Waals surface area contributed by atoms with Gasteiger partial charge in [-0.15, -0.1) is 0 Å². The molecule has 1 nitrogen and oxygen atoms in total. The quantitative estimate of drug-likeness (QED) is 0.730. The number of fused-ring (bicyclic) bond motifs is 1. The number of hydrogen-bond donors (Lipinski definition) is 1. The predicted octanol–water partition coefficient (Wildman–Crippen LogP) is 3.17. The fourth-order valence-electron chi connectivity index (χ4n) is 2.21. The Bertz CT molecular complexity index is 379. The van der Waals surface area contributed by atoms with E-state index in [1.54, 1.807) is 0 Å². The fourth-order valence-corrected chi connectivity index (χ4v) is 2.21. The van der Waals surface area contributed by atoms with Crippen molar-refractivity contribution in [2.24, 2.45) is 0 Å². The summed E-state index contributed by atoms with van der Waals surface area (Å²) in [6.45, 7) is 5.66. The van der Waals surface area contributed by atoms with E-state index < -0.39 is 6.10 Å². The van der Waals surface area contributed by atoms with Gasteiger partial charge in [-0.25, -0.2) is 0 Å². The van der Waals surface area contributed by atoms with Crippen LogP contribution in [0.1, 0.15) is 42.6 Å². The highest BCUT2D eigenvalue weighted by Crippen LogP contribution is 2.26. The van der Waals surface area contributed by atoms with Gasteiger partial charge in [0.2, 0.25) is 0 Å². The summed E-state index contributed by atoms with van der Waals surface area (Å²) in [6.07, 6.45) is 4.43. The zero-order valence-corrected chi connectivity index (χ0v) is 9.29. The lowest BCUT2D eigenvalue weighted by Crippen LogP contribution is -2.05. The minimum Gasteiger partial charge on any atom is -0.384 e. The van der Waals surface area contributed by atoms with E-state index in [1.807, 2.05) is 13.0 Å². The molecule has 1 aliphatic rings. The Kier molecular flexibility index (Phi) is 2.92. The Balaban J connectivity index is 2.31. The van der Waals surface area contributed by atoms with E-state index >= 15 is 0 Å². The van der Waals surface area contributed by atoms with Crippen molar-refractivity contribution in [3.05, 3.63) is 47.0 Å². The van der Waals surface area contributed by atoms with Gasteiger partial charge in [-0.1, -0.05) is 24.8 Å². The Hall–Kier alpha value is -1.08. The number of aliphatic hydroxyl groups is 1. The van der Waals surface area contributed by atoms with Crippen molar-refractivity contribution >= 4 is 0 Å². The lowest BCUT2D eigenvalue weighted by Gasteiger charge is -2.18. The topological polar surface area (TPSA) is 20.2 Å². The van der Waals surface area contributed by atoms with Crippen LogP contribution in [0.5, 0.6) is 0 Å². The highest BCUT2D eigenvalue weighted by Gasteiger charge is 2.13. The molecule has 15 heavy (non-hydrogen) atoms. The summed E-state index contributed by atoms with van der Waals surface area (Å²) in [6, 6.07) is 6.34. The summed E-state index contributed by atoms with van der Waals surface area (Å²) in [5.41, 5.74) is 4.67. The largest absolute Gasteiger partial charge is 0.384 e. The maximum atomic E-state index is 9.90. The van der Waals surface area contributed by atoms with Gasteiger partial charge in [0.05, 0.1) is 6.10 Å². The van der Waals surface area contributed by atoms with E-state index in [4.69, 9.17) is 0 Å². The van der Waals surface area contributed by atoms with Gasteiger partial charge in [0, 0.05) is 0 Å². The molecule has 0 aromatic heterocycles. The summed E-state index contributed by atoms with van der Waals surface area (Å²) in [5, 5.41) is 9.90. The third kappa shape index (κ3) is 2.13. The molecular weight excluding hydrogens is 184 g/mol. The number of benzene rings is 1. The van der Waals surface area contributed by atoms with Gasteiger partial charge < -0.3 is 5.11 Å². The van der Waals surface area contributed by atoms with Crippen LogP contribution in [0, 0.1) is 0 Å². The summed E-state index contributed by atoms with van der Waals surface area (Å²) in [4.78, 5) is 0. The highest BCUT2D eigenvalue weighted by molar-refractivity contribution is 5.36. The van der Waals surface area contributed by atoms with E-state index in [-0.39, 0.29) is 0 Å². The van der Waals surface area contributed by atoms with Gasteiger partial charge in [0.25, 0.3) is 0 Å². The van der Waals surface area contributed by atoms with Crippen LogP contribution in [0.4, 0.5) is 0 Å². The van der Waals surface area contributed by atoms with Crippen LogP contribution in [0.2, 0.25) is 0 Å². The molecule has 2 rings (SSSR count). The Morgan fingerprint density at radius 2 is 1.93 bits per heavy atom. The van der Waals surface area contributed by atoms with Gasteiger partial charge in [-0.2, -0.15) is 0 Å². The molecular formula is C14H18O. The van der Waals surface area contributed by atoms with Gasteiger partial charge >= 0.3 is 0 Å². The number of hydrogen-bond acceptors (Lipinski definition) is 1. The number of aryl methyl sites for hydroxylation is 2. The highest BCUT2D eigenvalue weighted by atomic mass is 16.3. The fraction of sp³-hybridized carbons (Fsp3) is 0.429. The molecule has 0 bridgehead atoms. The normalized spacial score (nSPS) is 16.9. The molecule has 0 heterocycles. The van der Waals surface area contributed by atoms with E-state index in [0.29, 0.717) is 0 Å². The standard InChI is InChI=1S/C14H18O/c1-10(2)14(15)13-8-7-11-5-3-4-6-12(11)9-13/h7-9,14-15H,1,3-6H2,2H3. The molecule has 1 unspecified atom stereocenters. The monoisotopic (exact) mass is 202 g/mol. The molecule has 1 aromatic carbocycles.